The second kappa shape index (κ2) is 3.02. The summed E-state index contributed by atoms with van der Waals surface area (Å²) in [6, 6.07) is 0. The largest absolute Gasteiger partial charge is 0.359 e. The first-order chi connectivity index (χ1) is 3.62. The molecular formula is C4H8O3P. The van der Waals surface area contributed by atoms with E-state index in [1.807, 2.05) is 5.82 Å². The van der Waals surface area contributed by atoms with Crippen molar-refractivity contribution in [3.8, 4) is 0 Å². The molecule has 4 heteroatoms. The molecule has 8 heavy (non-hydrogen) atoms. The first-order valence-electron chi connectivity index (χ1n) is 2.14. The van der Waals surface area contributed by atoms with Crippen LogP contribution in [0.2, 0.25) is 0 Å². The van der Waals surface area contributed by atoms with Crippen molar-refractivity contribution in [1.29, 1.82) is 0 Å². The van der Waals surface area contributed by atoms with Gasteiger partial charge in [-0.25, -0.2) is 0 Å². The molecule has 0 saturated carbocycles. The molecule has 3 nitrogen and oxygen atoms in total. The Morgan fingerprint density at radius 3 is 2.62 bits per heavy atom. The van der Waals surface area contributed by atoms with E-state index < -0.39 is 7.60 Å². The van der Waals surface area contributed by atoms with Gasteiger partial charge in [0.15, 0.2) is 0 Å². The van der Waals surface area contributed by atoms with Gasteiger partial charge in [0.2, 0.25) is 0 Å². The van der Waals surface area contributed by atoms with Crippen molar-refractivity contribution in [2.45, 2.75) is 6.92 Å². The highest BCUT2D eigenvalue weighted by molar-refractivity contribution is 7.54. The summed E-state index contributed by atoms with van der Waals surface area (Å²) in [5, 5.41) is 0. The molecule has 0 aliphatic rings. The van der Waals surface area contributed by atoms with E-state index in [1.54, 1.807) is 6.92 Å². The Bertz CT molecular complexity index is 120. The summed E-state index contributed by atoms with van der Waals surface area (Å²) in [6.45, 7) is 4.82. The van der Waals surface area contributed by atoms with Crippen LogP contribution in [-0.2, 0) is 9.09 Å². The average Bonchev–Trinajstić information content (AvgIpc) is 1.67. The minimum Gasteiger partial charge on any atom is -0.321 e. The van der Waals surface area contributed by atoms with E-state index in [2.05, 4.69) is 11.1 Å². The van der Waals surface area contributed by atoms with Crippen molar-refractivity contribution in [1.82, 2.24) is 0 Å². The standard InChI is InChI=1S/C4H8O3P/c1-3-7-8(5,6)4-2/h2-3H2,1H3,(H,5,6). The summed E-state index contributed by atoms with van der Waals surface area (Å²) in [4.78, 5) is 8.48. The van der Waals surface area contributed by atoms with Crippen molar-refractivity contribution in [2.24, 2.45) is 0 Å². The Morgan fingerprint density at radius 1 is 2.00 bits per heavy atom. The van der Waals surface area contributed by atoms with E-state index in [9.17, 15) is 4.57 Å². The van der Waals surface area contributed by atoms with Crippen LogP contribution in [0.25, 0.3) is 0 Å². The lowest BCUT2D eigenvalue weighted by Crippen LogP contribution is -1.83. The second-order valence-electron chi connectivity index (χ2n) is 1.10. The summed E-state index contributed by atoms with van der Waals surface area (Å²) in [7, 11) is -3.53. The fourth-order valence-electron chi connectivity index (χ4n) is 0.221. The summed E-state index contributed by atoms with van der Waals surface area (Å²) in [5.41, 5.74) is 0. The first-order valence-corrected chi connectivity index (χ1v) is 3.72. The van der Waals surface area contributed by atoms with E-state index >= 15 is 0 Å². The summed E-state index contributed by atoms with van der Waals surface area (Å²) in [6.07, 6.45) is 0. The predicted octanol–water partition coefficient (Wildman–Crippen LogP) is 1.15. The zero-order valence-corrected chi connectivity index (χ0v) is 5.52. The fourth-order valence-corrected chi connectivity index (χ4v) is 0.662. The zero-order valence-electron chi connectivity index (χ0n) is 4.63. The van der Waals surface area contributed by atoms with E-state index in [1.165, 1.54) is 0 Å². The van der Waals surface area contributed by atoms with Gasteiger partial charge in [-0.05, 0) is 6.92 Å². The van der Waals surface area contributed by atoms with Crippen LogP contribution in [0.3, 0.4) is 0 Å². The molecule has 47 valence electrons. The molecule has 0 aliphatic carbocycles. The van der Waals surface area contributed by atoms with Crippen LogP contribution < -0.4 is 0 Å². The molecule has 0 rings (SSSR count). The van der Waals surface area contributed by atoms with E-state index in [-0.39, 0.29) is 6.61 Å². The monoisotopic (exact) mass is 135 g/mol. The third-order valence-electron chi connectivity index (χ3n) is 0.504. The van der Waals surface area contributed by atoms with E-state index in [0.29, 0.717) is 0 Å². The SMILES string of the molecule is C=[C]P(=O)(O)OCC. The van der Waals surface area contributed by atoms with Crippen molar-refractivity contribution in [3.05, 3.63) is 12.4 Å². The van der Waals surface area contributed by atoms with Crippen LogP contribution in [0.5, 0.6) is 0 Å². The first kappa shape index (κ1) is 7.89. The van der Waals surface area contributed by atoms with Gasteiger partial charge in [-0.3, -0.25) is 4.57 Å². The summed E-state index contributed by atoms with van der Waals surface area (Å²) < 4.78 is 14.7. The molecule has 0 fully saturated rings. The average molecular weight is 135 g/mol. The summed E-state index contributed by atoms with van der Waals surface area (Å²) in [5.74, 6) is 1.88. The van der Waals surface area contributed by atoms with Gasteiger partial charge in [0.1, 0.15) is 0 Å². The number of hydrogen-bond acceptors (Lipinski definition) is 2. The molecule has 1 unspecified atom stereocenters. The van der Waals surface area contributed by atoms with Gasteiger partial charge in [-0.2, -0.15) is 0 Å². The van der Waals surface area contributed by atoms with Crippen LogP contribution in [-0.4, -0.2) is 11.5 Å². The maximum absolute atomic E-state index is 10.3. The van der Waals surface area contributed by atoms with Crippen molar-refractivity contribution < 1.29 is 14.0 Å². The highest BCUT2D eigenvalue weighted by atomic mass is 31.2. The zero-order chi connectivity index (χ0) is 6.62. The number of rotatable bonds is 3. The third kappa shape index (κ3) is 2.97. The van der Waals surface area contributed by atoms with Crippen molar-refractivity contribution >= 4 is 7.60 Å². The number of hydrogen-bond donors (Lipinski definition) is 1. The molecule has 1 N–H and O–H groups in total. The van der Waals surface area contributed by atoms with E-state index in [4.69, 9.17) is 4.89 Å². The van der Waals surface area contributed by atoms with Crippen LogP contribution in [0.15, 0.2) is 6.58 Å². The highest BCUT2D eigenvalue weighted by Crippen LogP contribution is 2.41. The maximum atomic E-state index is 10.3. The molecule has 0 aromatic rings. The van der Waals surface area contributed by atoms with Crippen molar-refractivity contribution in [3.63, 3.8) is 0 Å². The summed E-state index contributed by atoms with van der Waals surface area (Å²) >= 11 is 0. The molecule has 0 saturated heterocycles. The molecule has 0 aromatic heterocycles. The minimum atomic E-state index is -3.53. The molecular weight excluding hydrogens is 127 g/mol. The Kier molecular flexibility index (Phi) is 2.98. The smallest absolute Gasteiger partial charge is 0.321 e. The lowest BCUT2D eigenvalue weighted by Gasteiger charge is -2.01. The van der Waals surface area contributed by atoms with Gasteiger partial charge in [-0.15, -0.1) is 0 Å². The maximum Gasteiger partial charge on any atom is 0.359 e. The van der Waals surface area contributed by atoms with Gasteiger partial charge in [0, 0.05) is 0 Å². The van der Waals surface area contributed by atoms with Crippen LogP contribution >= 0.6 is 7.60 Å². The van der Waals surface area contributed by atoms with Gasteiger partial charge < -0.3 is 9.42 Å². The Morgan fingerprint density at radius 2 is 2.50 bits per heavy atom. The Labute approximate surface area is 48.5 Å². The highest BCUT2D eigenvalue weighted by Gasteiger charge is 2.10. The lowest BCUT2D eigenvalue weighted by atomic mass is 10.9. The Hall–Kier alpha value is -0.110. The second-order valence-corrected chi connectivity index (χ2v) is 2.71. The molecule has 0 spiro atoms. The fraction of sp³-hybridized carbons (Fsp3) is 0.500. The van der Waals surface area contributed by atoms with Gasteiger partial charge >= 0.3 is 7.60 Å². The van der Waals surface area contributed by atoms with Gasteiger partial charge in [-0.1, -0.05) is 6.58 Å². The Balaban J connectivity index is 3.73. The molecule has 0 aromatic carbocycles. The van der Waals surface area contributed by atoms with Crippen LogP contribution in [0.4, 0.5) is 0 Å². The minimum absolute atomic E-state index is 0.205. The quantitative estimate of drug-likeness (QED) is 0.590. The van der Waals surface area contributed by atoms with E-state index in [0.717, 1.165) is 0 Å². The molecule has 0 bridgehead atoms. The normalized spacial score (nSPS) is 17.2. The van der Waals surface area contributed by atoms with Crippen LogP contribution in [0.1, 0.15) is 6.92 Å². The van der Waals surface area contributed by atoms with Gasteiger partial charge in [0.25, 0.3) is 0 Å². The topological polar surface area (TPSA) is 46.5 Å². The molecule has 1 radical (unpaired) electrons. The molecule has 1 atom stereocenters. The molecule has 0 aliphatic heterocycles. The van der Waals surface area contributed by atoms with Gasteiger partial charge in [0.05, 0.1) is 12.4 Å². The molecule has 0 heterocycles. The third-order valence-corrected chi connectivity index (χ3v) is 1.51. The van der Waals surface area contributed by atoms with Crippen LogP contribution in [0, 0.1) is 5.82 Å². The molecule has 0 amide bonds. The van der Waals surface area contributed by atoms with Crippen molar-refractivity contribution in [2.75, 3.05) is 6.61 Å². The lowest BCUT2D eigenvalue weighted by molar-refractivity contribution is 0.281. The predicted molar refractivity (Wildman–Crippen MR) is 30.3 cm³/mol.